The van der Waals surface area contributed by atoms with E-state index in [0.717, 1.165) is 10.6 Å². The number of nitrogens with zero attached hydrogens (tertiary/aromatic N) is 2. The van der Waals surface area contributed by atoms with E-state index in [1.807, 2.05) is 13.8 Å². The van der Waals surface area contributed by atoms with Crippen LogP contribution in [0.1, 0.15) is 26.3 Å². The van der Waals surface area contributed by atoms with E-state index >= 15 is 0 Å². The van der Waals surface area contributed by atoms with Gasteiger partial charge in [-0.05, 0) is 50.6 Å². The number of methoxy groups -OCH3 is 2. The fourth-order valence-electron chi connectivity index (χ4n) is 3.41. The van der Waals surface area contributed by atoms with Crippen LogP contribution in [-0.4, -0.2) is 64.2 Å². The number of hydrogen-bond donors (Lipinski definition) is 1. The lowest BCUT2D eigenvalue weighted by Crippen LogP contribution is -2.52. The molecule has 0 saturated heterocycles. The average molecular weight is 526 g/mol. The Morgan fingerprint density at radius 3 is 2.29 bits per heavy atom. The van der Waals surface area contributed by atoms with E-state index < -0.39 is 28.5 Å². The summed E-state index contributed by atoms with van der Waals surface area (Å²) in [6.45, 7) is 4.74. The summed E-state index contributed by atoms with van der Waals surface area (Å²) in [4.78, 5) is 27.7. The van der Waals surface area contributed by atoms with Gasteiger partial charge < -0.3 is 19.7 Å². The molecule has 0 aliphatic rings. The Morgan fingerprint density at radius 1 is 1.06 bits per heavy atom. The maximum Gasteiger partial charge on any atom is 0.244 e. The first-order valence-electron chi connectivity index (χ1n) is 10.9. The van der Waals surface area contributed by atoms with Crippen molar-refractivity contribution in [1.29, 1.82) is 0 Å². The maximum atomic E-state index is 13.6. The van der Waals surface area contributed by atoms with Gasteiger partial charge in [-0.2, -0.15) is 0 Å². The second kappa shape index (κ2) is 12.1. The first kappa shape index (κ1) is 28.3. The monoisotopic (exact) mass is 525 g/mol. The largest absolute Gasteiger partial charge is 0.497 e. The third-order valence-corrected chi connectivity index (χ3v) is 6.54. The van der Waals surface area contributed by atoms with E-state index in [2.05, 4.69) is 5.32 Å². The lowest BCUT2D eigenvalue weighted by Gasteiger charge is -2.32. The van der Waals surface area contributed by atoms with Crippen LogP contribution < -0.4 is 19.1 Å². The van der Waals surface area contributed by atoms with E-state index in [9.17, 15) is 18.0 Å². The van der Waals surface area contributed by atoms with Crippen LogP contribution in [0.4, 0.5) is 5.69 Å². The molecule has 192 valence electrons. The van der Waals surface area contributed by atoms with Gasteiger partial charge in [0.15, 0.2) is 0 Å². The summed E-state index contributed by atoms with van der Waals surface area (Å²) < 4.78 is 37.0. The second-order valence-electron chi connectivity index (χ2n) is 8.30. The minimum Gasteiger partial charge on any atom is -0.497 e. The lowest BCUT2D eigenvalue weighted by molar-refractivity contribution is -0.139. The molecular weight excluding hydrogens is 494 g/mol. The molecule has 0 heterocycles. The highest BCUT2D eigenvalue weighted by Gasteiger charge is 2.31. The van der Waals surface area contributed by atoms with Gasteiger partial charge in [-0.15, -0.1) is 0 Å². The molecule has 0 bridgehead atoms. The summed E-state index contributed by atoms with van der Waals surface area (Å²) in [5.41, 5.74) is 0.870. The summed E-state index contributed by atoms with van der Waals surface area (Å²) in [7, 11) is -1.03. The molecule has 35 heavy (non-hydrogen) atoms. The summed E-state index contributed by atoms with van der Waals surface area (Å²) in [6, 6.07) is 10.5. The fraction of sp³-hybridized carbons (Fsp3) is 0.417. The van der Waals surface area contributed by atoms with Crippen molar-refractivity contribution in [3.8, 4) is 11.5 Å². The van der Waals surface area contributed by atoms with Crippen LogP contribution in [0, 0.1) is 0 Å². The van der Waals surface area contributed by atoms with Crippen molar-refractivity contribution < 1.29 is 27.5 Å². The Bertz CT molecular complexity index is 1160. The van der Waals surface area contributed by atoms with Crippen molar-refractivity contribution in [2.24, 2.45) is 0 Å². The first-order chi connectivity index (χ1) is 16.4. The molecule has 0 spiro atoms. The number of halogens is 1. The summed E-state index contributed by atoms with van der Waals surface area (Å²) in [5, 5.41) is 3.28. The zero-order valence-electron chi connectivity index (χ0n) is 20.7. The number of carbonyl (C=O) groups is 2. The highest BCUT2D eigenvalue weighted by atomic mass is 35.5. The second-order valence-corrected chi connectivity index (χ2v) is 10.6. The fourth-order valence-corrected chi connectivity index (χ4v) is 4.47. The maximum absolute atomic E-state index is 13.6. The normalized spacial score (nSPS) is 12.1. The number of carbonyl (C=O) groups excluding carboxylic acids is 2. The molecule has 0 radical (unpaired) electrons. The molecule has 2 aromatic carbocycles. The Balaban J connectivity index is 2.46. The van der Waals surface area contributed by atoms with E-state index in [4.69, 9.17) is 21.1 Å². The molecule has 0 aliphatic heterocycles. The molecule has 2 aromatic rings. The van der Waals surface area contributed by atoms with Crippen molar-refractivity contribution in [3.63, 3.8) is 0 Å². The smallest absolute Gasteiger partial charge is 0.244 e. The molecule has 2 rings (SSSR count). The van der Waals surface area contributed by atoms with Crippen molar-refractivity contribution in [2.75, 3.05) is 31.3 Å². The third kappa shape index (κ3) is 7.76. The zero-order valence-corrected chi connectivity index (χ0v) is 22.3. The number of ether oxygens (including phenoxy) is 2. The van der Waals surface area contributed by atoms with Crippen molar-refractivity contribution in [1.82, 2.24) is 10.2 Å². The van der Waals surface area contributed by atoms with Gasteiger partial charge in [-0.1, -0.05) is 23.7 Å². The van der Waals surface area contributed by atoms with Crippen molar-refractivity contribution in [3.05, 3.63) is 53.1 Å². The Morgan fingerprint density at radius 2 is 1.74 bits per heavy atom. The summed E-state index contributed by atoms with van der Waals surface area (Å²) in [5.74, 6) is -0.246. The SMILES string of the molecule is COc1ccc(N(CC(=O)N(Cc2cccc(Cl)c2)[C@H](C)C(=O)NC(C)C)S(C)(=O)=O)c(OC)c1. The molecule has 0 aliphatic carbocycles. The minimum atomic E-state index is -3.90. The van der Waals surface area contributed by atoms with Crippen LogP contribution in [-0.2, 0) is 26.2 Å². The molecular formula is C24H32ClN3O6S. The van der Waals surface area contributed by atoms with Gasteiger partial charge in [0.2, 0.25) is 21.8 Å². The molecule has 0 fully saturated rings. The molecule has 2 amide bonds. The van der Waals surface area contributed by atoms with E-state index in [1.165, 1.54) is 31.3 Å². The zero-order chi connectivity index (χ0) is 26.3. The first-order valence-corrected chi connectivity index (χ1v) is 13.1. The minimum absolute atomic E-state index is 0.0590. The summed E-state index contributed by atoms with van der Waals surface area (Å²) >= 11 is 6.11. The van der Waals surface area contributed by atoms with E-state index in [-0.39, 0.29) is 29.9 Å². The van der Waals surface area contributed by atoms with Gasteiger partial charge in [-0.3, -0.25) is 13.9 Å². The predicted octanol–water partition coefficient (Wildman–Crippen LogP) is 3.07. The van der Waals surface area contributed by atoms with Crippen LogP contribution in [0.15, 0.2) is 42.5 Å². The number of amides is 2. The standard InChI is InChI=1S/C24H32ClN3O6S/c1-16(2)26-24(30)17(3)27(14-18-8-7-9-19(25)12-18)23(29)15-28(35(6,31)32)21-11-10-20(33-4)13-22(21)34-5/h7-13,16-17H,14-15H2,1-6H3,(H,26,30)/t17-/m1/s1. The molecule has 0 unspecified atom stereocenters. The summed E-state index contributed by atoms with van der Waals surface area (Å²) in [6.07, 6.45) is 1.00. The quantitative estimate of drug-likeness (QED) is 0.483. The number of benzene rings is 2. The number of anilines is 1. The molecule has 1 N–H and O–H groups in total. The van der Waals surface area contributed by atoms with Gasteiger partial charge in [-0.25, -0.2) is 8.42 Å². The van der Waals surface area contributed by atoms with Crippen molar-refractivity contribution >= 4 is 39.1 Å². The Labute approximate surface area is 212 Å². The number of sulfonamides is 1. The van der Waals surface area contributed by atoms with Gasteiger partial charge in [0, 0.05) is 23.7 Å². The van der Waals surface area contributed by atoms with Gasteiger partial charge in [0.25, 0.3) is 0 Å². The number of hydrogen-bond acceptors (Lipinski definition) is 6. The van der Waals surface area contributed by atoms with Crippen LogP contribution in [0.5, 0.6) is 11.5 Å². The lowest BCUT2D eigenvalue weighted by atomic mass is 10.1. The average Bonchev–Trinajstić information content (AvgIpc) is 2.78. The van der Waals surface area contributed by atoms with Crippen LogP contribution in [0.3, 0.4) is 0 Å². The van der Waals surface area contributed by atoms with Crippen molar-refractivity contribution in [2.45, 2.75) is 39.4 Å². The van der Waals surface area contributed by atoms with Crippen LogP contribution in [0.25, 0.3) is 0 Å². The molecule has 11 heteroatoms. The van der Waals surface area contributed by atoms with E-state index in [1.54, 1.807) is 37.3 Å². The van der Waals surface area contributed by atoms with Crippen LogP contribution in [0.2, 0.25) is 5.02 Å². The highest BCUT2D eigenvalue weighted by Crippen LogP contribution is 2.33. The number of rotatable bonds is 11. The Hall–Kier alpha value is -2.98. The van der Waals surface area contributed by atoms with Gasteiger partial charge in [0.05, 0.1) is 26.2 Å². The number of nitrogens with one attached hydrogen (secondary N) is 1. The van der Waals surface area contributed by atoms with E-state index in [0.29, 0.717) is 16.3 Å². The van der Waals surface area contributed by atoms with Crippen LogP contribution >= 0.6 is 11.6 Å². The molecule has 0 aromatic heterocycles. The van der Waals surface area contributed by atoms with Gasteiger partial charge in [0.1, 0.15) is 24.1 Å². The van der Waals surface area contributed by atoms with Gasteiger partial charge >= 0.3 is 0 Å². The predicted molar refractivity (Wildman–Crippen MR) is 136 cm³/mol. The Kier molecular flexibility index (Phi) is 9.79. The molecule has 9 nitrogen and oxygen atoms in total. The molecule has 1 atom stereocenters. The highest BCUT2D eigenvalue weighted by molar-refractivity contribution is 7.92. The third-order valence-electron chi connectivity index (χ3n) is 5.17. The topological polar surface area (TPSA) is 105 Å². The molecule has 0 saturated carbocycles.